The van der Waals surface area contributed by atoms with Gasteiger partial charge in [-0.3, -0.25) is 14.9 Å². The average Bonchev–Trinajstić information content (AvgIpc) is 3.24. The summed E-state index contributed by atoms with van der Waals surface area (Å²) in [7, 11) is -3.05. The fourth-order valence-corrected chi connectivity index (χ4v) is 5.30. The standard InChI is InChI=1S/C17H18N2O4S2/c20-15(14-7-4-9-24-14)16(18-13-8-10-25(22,23)11-13)19-17(21)12-5-2-1-3-6-12/h1-7,9,13,16,18H,8,10-11H2,(H,19,21)/p+1/t13-,16-/m1/s1. The van der Waals surface area contributed by atoms with Crippen molar-refractivity contribution in [2.45, 2.75) is 18.6 Å². The van der Waals surface area contributed by atoms with Crippen LogP contribution in [0.2, 0.25) is 0 Å². The molecule has 0 aliphatic carbocycles. The lowest BCUT2D eigenvalue weighted by atomic mass is 10.1. The van der Waals surface area contributed by atoms with Crippen molar-refractivity contribution < 1.29 is 23.3 Å². The van der Waals surface area contributed by atoms with E-state index in [4.69, 9.17) is 0 Å². The number of nitrogens with one attached hydrogen (secondary N) is 1. The number of sulfone groups is 1. The Morgan fingerprint density at radius 1 is 1.16 bits per heavy atom. The summed E-state index contributed by atoms with van der Waals surface area (Å²) in [5, 5.41) is 6.21. The summed E-state index contributed by atoms with van der Waals surface area (Å²) in [6.45, 7) is 0. The van der Waals surface area contributed by atoms with Crippen LogP contribution in [0.5, 0.6) is 0 Å². The number of quaternary nitrogens is 1. The van der Waals surface area contributed by atoms with Crippen LogP contribution >= 0.6 is 11.3 Å². The Hall–Kier alpha value is -2.03. The lowest BCUT2D eigenvalue weighted by Gasteiger charge is -2.19. The number of hydrogen-bond donors (Lipinski definition) is 2. The van der Waals surface area contributed by atoms with Gasteiger partial charge in [-0.15, -0.1) is 11.3 Å². The molecule has 25 heavy (non-hydrogen) atoms. The summed E-state index contributed by atoms with van der Waals surface area (Å²) in [4.78, 5) is 25.7. The zero-order chi connectivity index (χ0) is 17.9. The number of nitrogens with two attached hydrogens (primary N) is 1. The van der Waals surface area contributed by atoms with Crippen LogP contribution in [-0.4, -0.2) is 43.8 Å². The van der Waals surface area contributed by atoms with E-state index in [2.05, 4.69) is 5.32 Å². The second-order valence-electron chi connectivity index (χ2n) is 6.01. The third kappa shape index (κ3) is 4.53. The van der Waals surface area contributed by atoms with Gasteiger partial charge in [0.1, 0.15) is 11.8 Å². The number of rotatable bonds is 6. The molecule has 0 radical (unpaired) electrons. The average molecular weight is 379 g/mol. The first-order valence-corrected chi connectivity index (χ1v) is 10.6. The summed E-state index contributed by atoms with van der Waals surface area (Å²) >= 11 is 1.30. The fourth-order valence-electron chi connectivity index (χ4n) is 2.83. The SMILES string of the molecule is O=C(N[C@@H]([NH2+][C@@H]1CCS(=O)(=O)C1)C(=O)c1cccs1)c1ccccc1. The van der Waals surface area contributed by atoms with Crippen LogP contribution in [0.1, 0.15) is 26.5 Å². The first-order valence-electron chi connectivity index (χ1n) is 7.94. The Morgan fingerprint density at radius 3 is 2.52 bits per heavy atom. The number of Topliss-reactive ketones (excluding diaryl/α,β-unsaturated/α-hetero) is 1. The molecule has 1 fully saturated rings. The summed E-state index contributed by atoms with van der Waals surface area (Å²) in [6, 6.07) is 11.9. The molecule has 1 aromatic carbocycles. The molecule has 3 N–H and O–H groups in total. The van der Waals surface area contributed by atoms with E-state index in [1.807, 2.05) is 0 Å². The molecular weight excluding hydrogens is 360 g/mol. The highest BCUT2D eigenvalue weighted by atomic mass is 32.2. The number of amides is 1. The van der Waals surface area contributed by atoms with Crippen molar-refractivity contribution in [3.05, 3.63) is 58.3 Å². The highest BCUT2D eigenvalue weighted by Gasteiger charge is 2.36. The van der Waals surface area contributed by atoms with Gasteiger partial charge in [-0.25, -0.2) is 8.42 Å². The van der Waals surface area contributed by atoms with Crippen LogP contribution in [0.4, 0.5) is 0 Å². The minimum Gasteiger partial charge on any atom is -0.317 e. The summed E-state index contributed by atoms with van der Waals surface area (Å²) in [5.74, 6) is -0.417. The van der Waals surface area contributed by atoms with E-state index in [-0.39, 0.29) is 29.2 Å². The monoisotopic (exact) mass is 379 g/mol. The number of benzene rings is 1. The van der Waals surface area contributed by atoms with Crippen molar-refractivity contribution in [1.29, 1.82) is 0 Å². The molecule has 1 aliphatic heterocycles. The van der Waals surface area contributed by atoms with Gasteiger partial charge < -0.3 is 5.32 Å². The maximum Gasteiger partial charge on any atom is 0.256 e. The summed E-state index contributed by atoms with van der Waals surface area (Å²) < 4.78 is 23.3. The predicted molar refractivity (Wildman–Crippen MR) is 95.3 cm³/mol. The maximum atomic E-state index is 12.7. The lowest BCUT2D eigenvalue weighted by molar-refractivity contribution is -0.706. The van der Waals surface area contributed by atoms with Crippen LogP contribution in [0.25, 0.3) is 0 Å². The zero-order valence-electron chi connectivity index (χ0n) is 13.4. The van der Waals surface area contributed by atoms with Gasteiger partial charge in [-0.05, 0) is 23.6 Å². The molecule has 3 rings (SSSR count). The van der Waals surface area contributed by atoms with E-state index in [0.717, 1.165) is 0 Å². The highest BCUT2D eigenvalue weighted by molar-refractivity contribution is 7.91. The van der Waals surface area contributed by atoms with Crippen LogP contribution in [0.15, 0.2) is 47.8 Å². The van der Waals surface area contributed by atoms with Gasteiger partial charge in [0.15, 0.2) is 9.84 Å². The lowest BCUT2D eigenvalue weighted by Crippen LogP contribution is -3.00. The molecule has 0 spiro atoms. The summed E-state index contributed by atoms with van der Waals surface area (Å²) in [5.41, 5.74) is 0.457. The quantitative estimate of drug-likeness (QED) is 0.562. The Labute approximate surface area is 150 Å². The minimum atomic E-state index is -3.05. The van der Waals surface area contributed by atoms with Crippen LogP contribution in [0.3, 0.4) is 0 Å². The van der Waals surface area contributed by atoms with Gasteiger partial charge in [0.05, 0.1) is 10.6 Å². The smallest absolute Gasteiger partial charge is 0.256 e. The molecule has 2 aromatic rings. The topological polar surface area (TPSA) is 96.9 Å². The third-order valence-corrected chi connectivity index (χ3v) is 6.78. The highest BCUT2D eigenvalue weighted by Crippen LogP contribution is 2.12. The first kappa shape index (κ1) is 17.8. The molecule has 6 nitrogen and oxygen atoms in total. The molecule has 0 bridgehead atoms. The Bertz CT molecular complexity index is 848. The van der Waals surface area contributed by atoms with Crippen molar-refractivity contribution in [1.82, 2.24) is 5.32 Å². The van der Waals surface area contributed by atoms with E-state index in [0.29, 0.717) is 16.9 Å². The number of hydrogen-bond acceptors (Lipinski definition) is 5. The molecule has 8 heteroatoms. The van der Waals surface area contributed by atoms with Gasteiger partial charge in [-0.1, -0.05) is 24.3 Å². The number of carbonyl (C=O) groups excluding carboxylic acids is 2. The van der Waals surface area contributed by atoms with Crippen molar-refractivity contribution in [2.75, 3.05) is 11.5 Å². The molecule has 0 unspecified atom stereocenters. The van der Waals surface area contributed by atoms with E-state index in [9.17, 15) is 18.0 Å². The second-order valence-corrected chi connectivity index (χ2v) is 9.19. The van der Waals surface area contributed by atoms with Gasteiger partial charge >= 0.3 is 0 Å². The zero-order valence-corrected chi connectivity index (χ0v) is 15.1. The van der Waals surface area contributed by atoms with Crippen LogP contribution < -0.4 is 10.6 Å². The first-order chi connectivity index (χ1) is 11.9. The van der Waals surface area contributed by atoms with Gasteiger partial charge in [0.2, 0.25) is 6.17 Å². The van der Waals surface area contributed by atoms with E-state index < -0.39 is 16.0 Å². The van der Waals surface area contributed by atoms with Crippen LogP contribution in [-0.2, 0) is 9.84 Å². The normalized spacial score (nSPS) is 20.1. The summed E-state index contributed by atoms with van der Waals surface area (Å²) in [6.07, 6.45) is -0.359. The molecule has 2 heterocycles. The molecule has 1 saturated heterocycles. The molecule has 2 atom stereocenters. The molecule has 0 saturated carbocycles. The minimum absolute atomic E-state index is 0.0302. The van der Waals surface area contributed by atoms with Gasteiger partial charge in [0.25, 0.3) is 11.7 Å². The molecule has 1 aromatic heterocycles. The maximum absolute atomic E-state index is 12.7. The van der Waals surface area contributed by atoms with E-state index in [1.54, 1.807) is 53.2 Å². The van der Waals surface area contributed by atoms with Crippen molar-refractivity contribution >= 4 is 32.9 Å². The largest absolute Gasteiger partial charge is 0.317 e. The number of thiophene rings is 1. The van der Waals surface area contributed by atoms with Crippen LogP contribution in [0, 0.1) is 0 Å². The number of carbonyl (C=O) groups is 2. The molecule has 132 valence electrons. The Kier molecular flexibility index (Phi) is 5.31. The molecule has 1 aliphatic rings. The Balaban J connectivity index is 1.77. The van der Waals surface area contributed by atoms with E-state index in [1.165, 1.54) is 11.3 Å². The molecular formula is C17H19N2O4S2+. The predicted octanol–water partition coefficient (Wildman–Crippen LogP) is 0.437. The number of ketones is 1. The van der Waals surface area contributed by atoms with Crippen molar-refractivity contribution in [2.24, 2.45) is 0 Å². The fraction of sp³-hybridized carbons (Fsp3) is 0.294. The van der Waals surface area contributed by atoms with Crippen molar-refractivity contribution in [3.63, 3.8) is 0 Å². The van der Waals surface area contributed by atoms with Gasteiger partial charge in [-0.2, -0.15) is 0 Å². The van der Waals surface area contributed by atoms with Gasteiger partial charge in [0, 0.05) is 12.0 Å². The van der Waals surface area contributed by atoms with E-state index >= 15 is 0 Å². The molecule has 1 amide bonds. The Morgan fingerprint density at radius 2 is 1.92 bits per heavy atom. The second kappa shape index (κ2) is 7.47. The third-order valence-electron chi connectivity index (χ3n) is 4.10. The van der Waals surface area contributed by atoms with Crippen molar-refractivity contribution in [3.8, 4) is 0 Å².